The van der Waals surface area contributed by atoms with E-state index in [4.69, 9.17) is 4.74 Å². The van der Waals surface area contributed by atoms with Crippen molar-refractivity contribution in [2.45, 2.75) is 50.5 Å². The number of rotatable bonds is 0. The average Bonchev–Trinajstić information content (AvgIpc) is 2.70. The van der Waals surface area contributed by atoms with Crippen LogP contribution in [0.25, 0.3) is 0 Å². The lowest BCUT2D eigenvalue weighted by Crippen LogP contribution is -2.28. The summed E-state index contributed by atoms with van der Waals surface area (Å²) < 4.78 is 6.11. The minimum Gasteiger partial charge on any atom is -0.375 e. The Labute approximate surface area is 74.5 Å². The van der Waals surface area contributed by atoms with Gasteiger partial charge in [0.15, 0.2) is 0 Å². The van der Waals surface area contributed by atoms with Gasteiger partial charge < -0.3 is 4.74 Å². The van der Waals surface area contributed by atoms with E-state index in [-0.39, 0.29) is 0 Å². The molecule has 2 aliphatic carbocycles. The molecule has 1 aliphatic heterocycles. The van der Waals surface area contributed by atoms with Crippen LogP contribution in [0.2, 0.25) is 0 Å². The van der Waals surface area contributed by atoms with Gasteiger partial charge in [-0.2, -0.15) is 0 Å². The molecule has 0 radical (unpaired) electrons. The summed E-state index contributed by atoms with van der Waals surface area (Å²) in [6, 6.07) is 0. The van der Waals surface area contributed by atoms with Crippen molar-refractivity contribution in [1.29, 1.82) is 0 Å². The molecule has 1 saturated heterocycles. The molecule has 0 amide bonds. The maximum Gasteiger partial charge on any atom is 0.0682 e. The second kappa shape index (κ2) is 2.47. The molecule has 3 aliphatic rings. The third-order valence-corrected chi connectivity index (χ3v) is 4.16. The van der Waals surface area contributed by atoms with Gasteiger partial charge in [0.25, 0.3) is 0 Å². The molecule has 0 aromatic heterocycles. The van der Waals surface area contributed by atoms with Crippen LogP contribution < -0.4 is 0 Å². The second-order valence-corrected chi connectivity index (χ2v) is 5.00. The average molecular weight is 166 g/mol. The summed E-state index contributed by atoms with van der Waals surface area (Å²) in [5.41, 5.74) is 0.368. The van der Waals surface area contributed by atoms with Crippen LogP contribution in [-0.4, -0.2) is 12.2 Å². The Balaban J connectivity index is 1.71. The van der Waals surface area contributed by atoms with Gasteiger partial charge >= 0.3 is 0 Å². The van der Waals surface area contributed by atoms with Crippen molar-refractivity contribution >= 4 is 0 Å². The molecule has 0 N–H and O–H groups in total. The first-order chi connectivity index (χ1) is 5.88. The van der Waals surface area contributed by atoms with Crippen LogP contribution >= 0.6 is 0 Å². The van der Waals surface area contributed by atoms with Gasteiger partial charge in [-0.15, -0.1) is 0 Å². The largest absolute Gasteiger partial charge is 0.375 e. The lowest BCUT2D eigenvalue weighted by Gasteiger charge is -2.28. The zero-order valence-corrected chi connectivity index (χ0v) is 7.72. The second-order valence-electron chi connectivity index (χ2n) is 5.00. The minimum atomic E-state index is 0.368. The van der Waals surface area contributed by atoms with E-state index in [2.05, 4.69) is 0 Å². The standard InChI is InChI=1S/C11H18O/c1-2-5-11(4-1)6-3-9-7-10(9)8-12-11/h9-10H,1-8H2/t9-,10-/m0/s1. The fraction of sp³-hybridized carbons (Fsp3) is 1.00. The molecule has 1 heterocycles. The molecule has 0 aromatic carbocycles. The Hall–Kier alpha value is -0.0400. The van der Waals surface area contributed by atoms with Gasteiger partial charge in [0, 0.05) is 0 Å². The Kier molecular flexibility index (Phi) is 1.52. The normalized spacial score (nSPS) is 44.0. The van der Waals surface area contributed by atoms with Crippen molar-refractivity contribution < 1.29 is 4.74 Å². The van der Waals surface area contributed by atoms with E-state index in [1.807, 2.05) is 0 Å². The van der Waals surface area contributed by atoms with E-state index in [9.17, 15) is 0 Å². The molecule has 1 heteroatoms. The highest BCUT2D eigenvalue weighted by Gasteiger charge is 2.45. The molecule has 0 unspecified atom stereocenters. The van der Waals surface area contributed by atoms with Crippen molar-refractivity contribution in [3.8, 4) is 0 Å². The van der Waals surface area contributed by atoms with Gasteiger partial charge in [0.1, 0.15) is 0 Å². The quantitative estimate of drug-likeness (QED) is 0.537. The predicted octanol–water partition coefficient (Wildman–Crippen LogP) is 2.75. The van der Waals surface area contributed by atoms with Crippen LogP contribution in [0.4, 0.5) is 0 Å². The van der Waals surface area contributed by atoms with Gasteiger partial charge in [-0.25, -0.2) is 0 Å². The van der Waals surface area contributed by atoms with Gasteiger partial charge in [-0.1, -0.05) is 12.8 Å². The molecule has 68 valence electrons. The third kappa shape index (κ3) is 1.10. The molecule has 12 heavy (non-hydrogen) atoms. The molecule has 2 atom stereocenters. The molecule has 3 fully saturated rings. The first-order valence-electron chi connectivity index (χ1n) is 5.52. The first-order valence-corrected chi connectivity index (χ1v) is 5.52. The van der Waals surface area contributed by atoms with Gasteiger partial charge in [0.05, 0.1) is 12.2 Å². The van der Waals surface area contributed by atoms with E-state index in [1.54, 1.807) is 0 Å². The molecule has 0 bridgehead atoms. The highest BCUT2D eigenvalue weighted by Crippen LogP contribution is 2.50. The maximum absolute atomic E-state index is 6.11. The van der Waals surface area contributed by atoms with E-state index < -0.39 is 0 Å². The smallest absolute Gasteiger partial charge is 0.0682 e. The van der Waals surface area contributed by atoms with Crippen LogP contribution in [0.1, 0.15) is 44.9 Å². The van der Waals surface area contributed by atoms with E-state index in [1.165, 1.54) is 44.9 Å². The predicted molar refractivity (Wildman–Crippen MR) is 48.0 cm³/mol. The number of hydrogen-bond donors (Lipinski definition) is 0. The Bertz CT molecular complexity index is 167. The molecular weight excluding hydrogens is 148 g/mol. The molecule has 1 nitrogen and oxygen atoms in total. The number of fused-ring (bicyclic) bond motifs is 1. The van der Waals surface area contributed by atoms with Gasteiger partial charge in [0.2, 0.25) is 0 Å². The van der Waals surface area contributed by atoms with Gasteiger partial charge in [-0.3, -0.25) is 0 Å². The van der Waals surface area contributed by atoms with Gasteiger partial charge in [-0.05, 0) is 43.9 Å². The lowest BCUT2D eigenvalue weighted by atomic mass is 9.95. The first kappa shape index (κ1) is 7.37. The Morgan fingerprint density at radius 1 is 1.00 bits per heavy atom. The monoisotopic (exact) mass is 166 g/mol. The summed E-state index contributed by atoms with van der Waals surface area (Å²) >= 11 is 0. The highest BCUT2D eigenvalue weighted by atomic mass is 16.5. The van der Waals surface area contributed by atoms with Crippen molar-refractivity contribution in [2.75, 3.05) is 6.61 Å². The summed E-state index contributed by atoms with van der Waals surface area (Å²) in [4.78, 5) is 0. The molecule has 2 saturated carbocycles. The molecule has 1 spiro atoms. The highest BCUT2D eigenvalue weighted by molar-refractivity contribution is 4.96. The Morgan fingerprint density at radius 2 is 1.83 bits per heavy atom. The van der Waals surface area contributed by atoms with E-state index in [0.717, 1.165) is 18.4 Å². The zero-order chi connectivity index (χ0) is 8.02. The minimum absolute atomic E-state index is 0.368. The lowest BCUT2D eigenvalue weighted by molar-refractivity contribution is -0.0443. The fourth-order valence-electron chi connectivity index (χ4n) is 3.09. The van der Waals surface area contributed by atoms with Crippen LogP contribution in [0.5, 0.6) is 0 Å². The fourth-order valence-corrected chi connectivity index (χ4v) is 3.09. The summed E-state index contributed by atoms with van der Waals surface area (Å²) in [5, 5.41) is 0. The summed E-state index contributed by atoms with van der Waals surface area (Å²) in [7, 11) is 0. The molecule has 3 rings (SSSR count). The van der Waals surface area contributed by atoms with Crippen LogP contribution in [0.3, 0.4) is 0 Å². The van der Waals surface area contributed by atoms with Crippen molar-refractivity contribution in [3.05, 3.63) is 0 Å². The van der Waals surface area contributed by atoms with Crippen molar-refractivity contribution in [2.24, 2.45) is 11.8 Å². The van der Waals surface area contributed by atoms with Crippen LogP contribution in [0.15, 0.2) is 0 Å². The van der Waals surface area contributed by atoms with Crippen LogP contribution in [-0.2, 0) is 4.74 Å². The third-order valence-electron chi connectivity index (χ3n) is 4.16. The number of hydrogen-bond acceptors (Lipinski definition) is 1. The van der Waals surface area contributed by atoms with Crippen molar-refractivity contribution in [1.82, 2.24) is 0 Å². The van der Waals surface area contributed by atoms with E-state index >= 15 is 0 Å². The summed E-state index contributed by atoms with van der Waals surface area (Å²) in [5.74, 6) is 2.02. The summed E-state index contributed by atoms with van der Waals surface area (Å²) in [6.45, 7) is 1.09. The zero-order valence-electron chi connectivity index (χ0n) is 7.72. The number of ether oxygens (including phenoxy) is 1. The molecule has 0 aromatic rings. The SMILES string of the molecule is C1CCC2(C1)CC[C@H]1C[C@H]1CO2. The maximum atomic E-state index is 6.11. The molecular formula is C11H18O. The topological polar surface area (TPSA) is 9.23 Å². The van der Waals surface area contributed by atoms with Crippen molar-refractivity contribution in [3.63, 3.8) is 0 Å². The Morgan fingerprint density at radius 3 is 2.67 bits per heavy atom. The van der Waals surface area contributed by atoms with Crippen LogP contribution in [0, 0.1) is 11.8 Å². The van der Waals surface area contributed by atoms with E-state index in [0.29, 0.717) is 5.60 Å². The summed E-state index contributed by atoms with van der Waals surface area (Å²) in [6.07, 6.45) is 9.83.